The average molecular weight is 684 g/mol. The number of nitrogens with zero attached hydrogens (tertiary/aromatic N) is 2. The fourth-order valence-corrected chi connectivity index (χ4v) is 9.27. The molecular weight excluding hydrogens is 646 g/mol. The number of phenolic OH excluding ortho intramolecular Hbond substituents is 1. The molecule has 8 rings (SSSR count). The Morgan fingerprint density at radius 2 is 1.59 bits per heavy atom. The maximum atomic E-state index is 15.3. The van der Waals surface area contributed by atoms with Crippen LogP contribution in [0.1, 0.15) is 48.3 Å². The normalized spacial score (nSPS) is 26.9. The van der Waals surface area contributed by atoms with Crippen molar-refractivity contribution in [3.8, 4) is 5.75 Å². The van der Waals surface area contributed by atoms with Crippen molar-refractivity contribution in [3.05, 3.63) is 119 Å². The molecule has 0 spiro atoms. The van der Waals surface area contributed by atoms with Crippen LogP contribution in [0.15, 0.2) is 103 Å². The molecule has 4 aliphatic rings. The molecule has 0 aromatic heterocycles. The van der Waals surface area contributed by atoms with Gasteiger partial charge in [0.1, 0.15) is 5.75 Å². The van der Waals surface area contributed by atoms with E-state index in [4.69, 9.17) is 0 Å². The van der Waals surface area contributed by atoms with Crippen molar-refractivity contribution in [1.29, 1.82) is 0 Å². The van der Waals surface area contributed by atoms with Gasteiger partial charge in [-0.05, 0) is 55.2 Å². The zero-order valence-corrected chi connectivity index (χ0v) is 28.0. The lowest BCUT2D eigenvalue weighted by molar-refractivity contribution is -0.142. The topological polar surface area (TPSA) is 144 Å². The SMILES string of the molecule is Cc1ccc(NN2C(=O)[C@@H]3C[C@@H]4C(=CC[C@@H]5C(=O)N(CCCC(=O)O)C(=O)[C@@H]54)[C@H](c4ccc5ccccc5c4O)[C@]3(c3ccccc3)C2=O)cc1. The molecule has 2 aliphatic carbocycles. The molecule has 4 aromatic carbocycles. The molecule has 51 heavy (non-hydrogen) atoms. The summed E-state index contributed by atoms with van der Waals surface area (Å²) in [5, 5.41) is 23.8. The van der Waals surface area contributed by atoms with Crippen molar-refractivity contribution in [2.75, 3.05) is 12.0 Å². The van der Waals surface area contributed by atoms with Gasteiger partial charge >= 0.3 is 5.97 Å². The minimum atomic E-state index is -1.50. The molecule has 6 atom stereocenters. The van der Waals surface area contributed by atoms with E-state index in [-0.39, 0.29) is 49.8 Å². The monoisotopic (exact) mass is 683 g/mol. The largest absolute Gasteiger partial charge is 0.507 e. The van der Waals surface area contributed by atoms with Gasteiger partial charge in [0.2, 0.25) is 11.8 Å². The molecule has 258 valence electrons. The summed E-state index contributed by atoms with van der Waals surface area (Å²) in [4.78, 5) is 70.4. The van der Waals surface area contributed by atoms with Gasteiger partial charge in [-0.2, -0.15) is 5.01 Å². The van der Waals surface area contributed by atoms with Gasteiger partial charge in [-0.1, -0.05) is 96.1 Å². The van der Waals surface area contributed by atoms with Crippen LogP contribution in [-0.2, 0) is 29.4 Å². The molecule has 0 bridgehead atoms. The second-order valence-electron chi connectivity index (χ2n) is 14.1. The molecule has 3 N–H and O–H groups in total. The lowest BCUT2D eigenvalue weighted by Crippen LogP contribution is -2.53. The highest BCUT2D eigenvalue weighted by atomic mass is 16.4. The molecule has 2 heterocycles. The predicted octanol–water partition coefficient (Wildman–Crippen LogP) is 5.70. The van der Waals surface area contributed by atoms with Gasteiger partial charge in [0.05, 0.1) is 28.9 Å². The summed E-state index contributed by atoms with van der Waals surface area (Å²) in [7, 11) is 0. The second kappa shape index (κ2) is 12.2. The van der Waals surface area contributed by atoms with Crippen LogP contribution >= 0.6 is 0 Å². The number of aromatic hydroxyl groups is 1. The zero-order chi connectivity index (χ0) is 35.6. The van der Waals surface area contributed by atoms with Gasteiger partial charge < -0.3 is 10.2 Å². The number of carbonyl (C=O) groups excluding carboxylic acids is 4. The number of hydrogen-bond acceptors (Lipinski definition) is 7. The van der Waals surface area contributed by atoms with Crippen LogP contribution in [0.4, 0.5) is 5.69 Å². The molecule has 2 aliphatic heterocycles. The number of hydrogen-bond donors (Lipinski definition) is 3. The molecule has 10 heteroatoms. The quantitative estimate of drug-likeness (QED) is 0.159. The third-order valence-electron chi connectivity index (χ3n) is 11.5. The number of nitrogens with one attached hydrogen (secondary N) is 1. The zero-order valence-electron chi connectivity index (χ0n) is 28.0. The first-order valence-electron chi connectivity index (χ1n) is 17.4. The minimum absolute atomic E-state index is 0.00302. The van der Waals surface area contributed by atoms with Crippen molar-refractivity contribution in [2.45, 2.75) is 43.9 Å². The summed E-state index contributed by atoms with van der Waals surface area (Å²) in [6, 6.07) is 27.7. The third kappa shape index (κ3) is 4.87. The molecule has 1 saturated carbocycles. The summed E-state index contributed by atoms with van der Waals surface area (Å²) in [5.41, 5.74) is 4.98. The number of carbonyl (C=O) groups is 5. The number of rotatable bonds is 8. The number of benzene rings is 4. The summed E-state index contributed by atoms with van der Waals surface area (Å²) >= 11 is 0. The van der Waals surface area contributed by atoms with Crippen LogP contribution < -0.4 is 5.43 Å². The summed E-state index contributed by atoms with van der Waals surface area (Å²) < 4.78 is 0. The molecule has 2 saturated heterocycles. The Kier molecular flexibility index (Phi) is 7.77. The molecule has 3 fully saturated rings. The number of fused-ring (bicyclic) bond motifs is 5. The smallest absolute Gasteiger partial charge is 0.303 e. The maximum absolute atomic E-state index is 15.3. The summed E-state index contributed by atoms with van der Waals surface area (Å²) in [5.74, 6) is -6.51. The van der Waals surface area contributed by atoms with E-state index in [1.807, 2.05) is 91.9 Å². The van der Waals surface area contributed by atoms with Crippen LogP contribution in [0.3, 0.4) is 0 Å². The van der Waals surface area contributed by atoms with E-state index < -0.39 is 52.8 Å². The van der Waals surface area contributed by atoms with E-state index in [2.05, 4.69) is 5.43 Å². The highest BCUT2D eigenvalue weighted by molar-refractivity contribution is 6.13. The van der Waals surface area contributed by atoms with Crippen LogP contribution in [0, 0.1) is 30.6 Å². The number of amides is 4. The fraction of sp³-hybridized carbons (Fsp3) is 0.293. The van der Waals surface area contributed by atoms with Crippen LogP contribution in [-0.4, -0.2) is 56.3 Å². The minimum Gasteiger partial charge on any atom is -0.507 e. The Hall–Kier alpha value is -5.77. The summed E-state index contributed by atoms with van der Waals surface area (Å²) in [6.45, 7) is 1.94. The van der Waals surface area contributed by atoms with Gasteiger partial charge in [0.15, 0.2) is 0 Å². The first-order valence-corrected chi connectivity index (χ1v) is 17.4. The highest BCUT2D eigenvalue weighted by Gasteiger charge is 2.70. The van der Waals surface area contributed by atoms with E-state index in [0.29, 0.717) is 22.2 Å². The van der Waals surface area contributed by atoms with Gasteiger partial charge in [0, 0.05) is 29.8 Å². The number of anilines is 1. The molecule has 4 amide bonds. The van der Waals surface area contributed by atoms with E-state index >= 15 is 4.79 Å². The predicted molar refractivity (Wildman–Crippen MR) is 188 cm³/mol. The van der Waals surface area contributed by atoms with Crippen molar-refractivity contribution >= 4 is 46.1 Å². The number of imide groups is 2. The van der Waals surface area contributed by atoms with Gasteiger partial charge in [-0.3, -0.25) is 34.3 Å². The number of aryl methyl sites for hydroxylation is 1. The Morgan fingerprint density at radius 3 is 2.33 bits per heavy atom. The molecule has 0 unspecified atom stereocenters. The molecule has 4 aromatic rings. The molecular formula is C41H37N3O7. The number of carboxylic acid groups (broad SMARTS) is 1. The lowest BCUT2D eigenvalue weighted by Gasteiger charge is -2.50. The highest BCUT2D eigenvalue weighted by Crippen LogP contribution is 2.65. The van der Waals surface area contributed by atoms with E-state index in [1.54, 1.807) is 12.1 Å². The Balaban J connectivity index is 1.32. The number of hydrazine groups is 1. The van der Waals surface area contributed by atoms with Crippen LogP contribution in [0.25, 0.3) is 10.8 Å². The van der Waals surface area contributed by atoms with Gasteiger partial charge in [-0.15, -0.1) is 0 Å². The van der Waals surface area contributed by atoms with E-state index in [9.17, 15) is 29.4 Å². The maximum Gasteiger partial charge on any atom is 0.303 e. The Bertz CT molecular complexity index is 2150. The second-order valence-corrected chi connectivity index (χ2v) is 14.1. The molecule has 10 nitrogen and oxygen atoms in total. The van der Waals surface area contributed by atoms with Crippen molar-refractivity contribution in [2.24, 2.45) is 23.7 Å². The average Bonchev–Trinajstić information content (AvgIpc) is 3.50. The standard InChI is InChI=1S/C41H37N3O7/c1-23-13-16-26(17-14-23)42-44-38(49)32-22-31-28(19-20-29-34(31)39(50)43(37(29)48)21-7-12-33(45)46)35(41(32,40(44)51)25-9-3-2-4-10-25)30-18-15-24-8-5-6-11-27(24)36(30)47/h2-6,8-11,13-19,29,31-32,34-35,42,47H,7,12,20-22H2,1H3,(H,45,46)/t29-,31+,32-,34-,35+,41+/m0/s1. The van der Waals surface area contributed by atoms with Crippen LogP contribution in [0.5, 0.6) is 5.75 Å². The van der Waals surface area contributed by atoms with Crippen molar-refractivity contribution in [3.63, 3.8) is 0 Å². The van der Waals surface area contributed by atoms with E-state index in [0.717, 1.165) is 21.5 Å². The number of aliphatic carboxylic acids is 1. The van der Waals surface area contributed by atoms with Gasteiger partial charge in [0.25, 0.3) is 11.8 Å². The van der Waals surface area contributed by atoms with Crippen molar-refractivity contribution < 1.29 is 34.2 Å². The van der Waals surface area contributed by atoms with Gasteiger partial charge in [-0.25, -0.2) is 0 Å². The third-order valence-corrected chi connectivity index (χ3v) is 11.5. The first kappa shape index (κ1) is 32.4. The lowest BCUT2D eigenvalue weighted by atomic mass is 9.49. The number of phenols is 1. The molecule has 0 radical (unpaired) electrons. The van der Waals surface area contributed by atoms with Crippen LogP contribution in [0.2, 0.25) is 0 Å². The Labute approximate surface area is 294 Å². The van der Waals surface area contributed by atoms with E-state index in [1.165, 1.54) is 4.90 Å². The number of carboxylic acids is 1. The number of likely N-dealkylation sites (tertiary alicyclic amines) is 1. The number of allylic oxidation sites excluding steroid dienone is 2. The van der Waals surface area contributed by atoms with Crippen molar-refractivity contribution in [1.82, 2.24) is 9.91 Å². The summed E-state index contributed by atoms with van der Waals surface area (Å²) in [6.07, 6.45) is 2.28. The Morgan fingerprint density at radius 1 is 0.863 bits per heavy atom. The fourth-order valence-electron chi connectivity index (χ4n) is 9.27. The first-order chi connectivity index (χ1) is 24.6.